The molecular formula is C22H43NO. The van der Waals surface area contributed by atoms with E-state index in [9.17, 15) is 4.79 Å². The Morgan fingerprint density at radius 3 is 1.50 bits per heavy atom. The Hall–Kier alpha value is -0.530. The molecule has 1 N–H and O–H groups in total. The lowest BCUT2D eigenvalue weighted by molar-refractivity contribution is -0.122. The van der Waals surface area contributed by atoms with Crippen molar-refractivity contribution in [3.05, 3.63) is 0 Å². The van der Waals surface area contributed by atoms with E-state index in [1.807, 2.05) is 0 Å². The Kier molecular flexibility index (Phi) is 14.3. The monoisotopic (exact) mass is 337 g/mol. The third-order valence-electron chi connectivity index (χ3n) is 5.48. The van der Waals surface area contributed by atoms with Gasteiger partial charge in [-0.3, -0.25) is 4.79 Å². The Labute approximate surface area is 151 Å². The van der Waals surface area contributed by atoms with Crippen LogP contribution in [0.3, 0.4) is 0 Å². The van der Waals surface area contributed by atoms with Gasteiger partial charge in [-0.2, -0.15) is 0 Å². The Morgan fingerprint density at radius 2 is 1.12 bits per heavy atom. The fourth-order valence-corrected chi connectivity index (χ4v) is 3.51. The lowest BCUT2D eigenvalue weighted by Gasteiger charge is -2.26. The Balaban J connectivity index is 1.68. The van der Waals surface area contributed by atoms with Crippen molar-refractivity contribution in [2.45, 2.75) is 135 Å². The van der Waals surface area contributed by atoms with Gasteiger partial charge in [0.2, 0.25) is 5.91 Å². The summed E-state index contributed by atoms with van der Waals surface area (Å²) in [6.07, 6.45) is 25.1. The molecule has 0 saturated heterocycles. The molecule has 0 aromatic rings. The minimum atomic E-state index is 0.286. The fraction of sp³-hybridized carbons (Fsp3) is 0.955. The standard InChI is InChI=1S/C22H43NO/c1-2-3-4-5-6-7-8-9-10-11-12-13-14-15-16-20-22(24)23-21-18-17-19-21/h21H,2-20H2,1H3,(H,23,24). The third-order valence-corrected chi connectivity index (χ3v) is 5.48. The van der Waals surface area contributed by atoms with E-state index in [1.54, 1.807) is 0 Å². The van der Waals surface area contributed by atoms with Crippen LogP contribution in [0.4, 0.5) is 0 Å². The first-order valence-corrected chi connectivity index (χ1v) is 11.1. The van der Waals surface area contributed by atoms with E-state index < -0.39 is 0 Å². The summed E-state index contributed by atoms with van der Waals surface area (Å²) in [6, 6.07) is 0.508. The summed E-state index contributed by atoms with van der Waals surface area (Å²) >= 11 is 0. The number of amides is 1. The summed E-state index contributed by atoms with van der Waals surface area (Å²) in [5, 5.41) is 3.13. The van der Waals surface area contributed by atoms with Gasteiger partial charge >= 0.3 is 0 Å². The number of carbonyl (C=O) groups is 1. The van der Waals surface area contributed by atoms with E-state index in [0.29, 0.717) is 6.04 Å². The molecule has 1 aliphatic carbocycles. The average molecular weight is 338 g/mol. The van der Waals surface area contributed by atoms with Crippen LogP contribution in [0, 0.1) is 0 Å². The molecule has 0 spiro atoms. The first-order valence-electron chi connectivity index (χ1n) is 11.1. The molecule has 2 heteroatoms. The minimum Gasteiger partial charge on any atom is -0.353 e. The van der Waals surface area contributed by atoms with Crippen molar-refractivity contribution in [3.63, 3.8) is 0 Å². The van der Waals surface area contributed by atoms with Gasteiger partial charge in [0.1, 0.15) is 0 Å². The predicted octanol–water partition coefficient (Wildman–Crippen LogP) is 6.92. The van der Waals surface area contributed by atoms with Crippen molar-refractivity contribution in [2.24, 2.45) is 0 Å². The van der Waals surface area contributed by atoms with Gasteiger partial charge in [-0.25, -0.2) is 0 Å². The molecule has 0 bridgehead atoms. The molecule has 0 unspecified atom stereocenters. The van der Waals surface area contributed by atoms with Crippen LogP contribution in [0.2, 0.25) is 0 Å². The molecule has 0 aromatic heterocycles. The van der Waals surface area contributed by atoms with Gasteiger partial charge in [-0.05, 0) is 25.7 Å². The molecule has 0 radical (unpaired) electrons. The van der Waals surface area contributed by atoms with Gasteiger partial charge in [0.15, 0.2) is 0 Å². The van der Waals surface area contributed by atoms with E-state index in [0.717, 1.165) is 12.8 Å². The van der Waals surface area contributed by atoms with Gasteiger partial charge in [0, 0.05) is 12.5 Å². The maximum Gasteiger partial charge on any atom is 0.220 e. The Bertz CT molecular complexity index is 286. The molecule has 1 saturated carbocycles. The number of rotatable bonds is 17. The van der Waals surface area contributed by atoms with Crippen LogP contribution in [-0.2, 0) is 4.79 Å². The van der Waals surface area contributed by atoms with Crippen molar-refractivity contribution >= 4 is 5.91 Å². The normalized spacial score (nSPS) is 14.5. The summed E-state index contributed by atoms with van der Waals surface area (Å²) < 4.78 is 0. The summed E-state index contributed by atoms with van der Waals surface area (Å²) in [5.74, 6) is 0.286. The minimum absolute atomic E-state index is 0.286. The van der Waals surface area contributed by atoms with E-state index in [2.05, 4.69) is 12.2 Å². The SMILES string of the molecule is CCCCCCCCCCCCCCCCCC(=O)NC1CCC1. The summed E-state index contributed by atoms with van der Waals surface area (Å²) in [7, 11) is 0. The topological polar surface area (TPSA) is 29.1 Å². The zero-order chi connectivity index (χ0) is 17.3. The van der Waals surface area contributed by atoms with Gasteiger partial charge in [-0.1, -0.05) is 96.8 Å². The maximum atomic E-state index is 11.7. The highest BCUT2D eigenvalue weighted by Crippen LogP contribution is 2.18. The van der Waals surface area contributed by atoms with Crippen LogP contribution in [0.15, 0.2) is 0 Å². The van der Waals surface area contributed by atoms with Crippen molar-refractivity contribution in [2.75, 3.05) is 0 Å². The first kappa shape index (κ1) is 21.5. The zero-order valence-corrected chi connectivity index (χ0v) is 16.4. The van der Waals surface area contributed by atoms with E-state index in [-0.39, 0.29) is 5.91 Å². The molecule has 1 aliphatic rings. The van der Waals surface area contributed by atoms with E-state index in [4.69, 9.17) is 0 Å². The molecule has 0 heterocycles. The van der Waals surface area contributed by atoms with Crippen LogP contribution in [-0.4, -0.2) is 11.9 Å². The molecular weight excluding hydrogens is 294 g/mol. The van der Waals surface area contributed by atoms with Gasteiger partial charge in [-0.15, -0.1) is 0 Å². The molecule has 0 aromatic carbocycles. The van der Waals surface area contributed by atoms with Crippen LogP contribution in [0.1, 0.15) is 129 Å². The van der Waals surface area contributed by atoms with Crippen molar-refractivity contribution in [1.29, 1.82) is 0 Å². The smallest absolute Gasteiger partial charge is 0.220 e. The van der Waals surface area contributed by atoms with E-state index in [1.165, 1.54) is 109 Å². The lowest BCUT2D eigenvalue weighted by Crippen LogP contribution is -2.39. The van der Waals surface area contributed by atoms with Crippen LogP contribution in [0.25, 0.3) is 0 Å². The zero-order valence-electron chi connectivity index (χ0n) is 16.4. The molecule has 1 fully saturated rings. The Morgan fingerprint density at radius 1 is 0.708 bits per heavy atom. The molecule has 24 heavy (non-hydrogen) atoms. The second-order valence-corrected chi connectivity index (χ2v) is 7.90. The second-order valence-electron chi connectivity index (χ2n) is 7.90. The van der Waals surface area contributed by atoms with Crippen molar-refractivity contribution < 1.29 is 4.79 Å². The molecule has 0 atom stereocenters. The maximum absolute atomic E-state index is 11.7. The number of hydrogen-bond donors (Lipinski definition) is 1. The molecule has 0 aliphatic heterocycles. The summed E-state index contributed by atoms with van der Waals surface area (Å²) in [5.41, 5.74) is 0. The van der Waals surface area contributed by atoms with Gasteiger partial charge in [0.05, 0.1) is 0 Å². The largest absolute Gasteiger partial charge is 0.353 e. The average Bonchev–Trinajstić information content (AvgIpc) is 2.54. The molecule has 2 nitrogen and oxygen atoms in total. The van der Waals surface area contributed by atoms with E-state index >= 15 is 0 Å². The van der Waals surface area contributed by atoms with Crippen LogP contribution < -0.4 is 5.32 Å². The first-order chi connectivity index (χ1) is 11.8. The fourth-order valence-electron chi connectivity index (χ4n) is 3.51. The second kappa shape index (κ2) is 16.0. The highest BCUT2D eigenvalue weighted by Gasteiger charge is 2.18. The van der Waals surface area contributed by atoms with Gasteiger partial charge in [0.25, 0.3) is 0 Å². The number of hydrogen-bond acceptors (Lipinski definition) is 1. The highest BCUT2D eigenvalue weighted by molar-refractivity contribution is 5.76. The summed E-state index contributed by atoms with van der Waals surface area (Å²) in [4.78, 5) is 11.7. The predicted molar refractivity (Wildman–Crippen MR) is 105 cm³/mol. The molecule has 1 rings (SSSR count). The van der Waals surface area contributed by atoms with Crippen molar-refractivity contribution in [3.8, 4) is 0 Å². The molecule has 1 amide bonds. The molecule has 142 valence electrons. The third kappa shape index (κ3) is 12.8. The quantitative estimate of drug-likeness (QED) is 0.287. The summed E-state index contributed by atoms with van der Waals surface area (Å²) in [6.45, 7) is 2.28. The van der Waals surface area contributed by atoms with Crippen LogP contribution in [0.5, 0.6) is 0 Å². The number of unbranched alkanes of at least 4 members (excludes halogenated alkanes) is 14. The highest BCUT2D eigenvalue weighted by atomic mass is 16.1. The van der Waals surface area contributed by atoms with Crippen molar-refractivity contribution in [1.82, 2.24) is 5.32 Å². The lowest BCUT2D eigenvalue weighted by atomic mass is 9.93. The number of carbonyl (C=O) groups excluding carboxylic acids is 1. The number of nitrogens with one attached hydrogen (secondary N) is 1. The van der Waals surface area contributed by atoms with Crippen LogP contribution >= 0.6 is 0 Å². The van der Waals surface area contributed by atoms with Gasteiger partial charge < -0.3 is 5.32 Å².